The molecule has 4 N–H and O–H groups in total. The maximum Gasteiger partial charge on any atom is 0.0744 e. The van der Waals surface area contributed by atoms with Crippen molar-refractivity contribution >= 4 is 40.3 Å². The molecular formula is C22H22N4S. The summed E-state index contributed by atoms with van der Waals surface area (Å²) in [6.45, 7) is 2.18. The van der Waals surface area contributed by atoms with Crippen LogP contribution in [-0.4, -0.2) is 16.6 Å². The fourth-order valence-electron chi connectivity index (χ4n) is 4.38. The van der Waals surface area contributed by atoms with E-state index < -0.39 is 0 Å². The Bertz CT molecular complexity index is 1090. The number of aromatic nitrogens is 1. The number of hydrogen-bond acceptors (Lipinski definition) is 5. The second-order valence-corrected chi connectivity index (χ2v) is 8.73. The highest BCUT2D eigenvalue weighted by Gasteiger charge is 2.23. The van der Waals surface area contributed by atoms with Gasteiger partial charge in [-0.25, -0.2) is 4.98 Å². The van der Waals surface area contributed by atoms with Gasteiger partial charge in [-0.15, -0.1) is 0 Å². The van der Waals surface area contributed by atoms with Gasteiger partial charge in [0.15, 0.2) is 0 Å². The van der Waals surface area contributed by atoms with E-state index in [1.54, 1.807) is 0 Å². The van der Waals surface area contributed by atoms with Gasteiger partial charge in [0.2, 0.25) is 0 Å². The predicted molar refractivity (Wildman–Crippen MR) is 115 cm³/mol. The summed E-state index contributed by atoms with van der Waals surface area (Å²) in [5.74, 6) is 0. The normalized spacial score (nSPS) is 18.0. The summed E-state index contributed by atoms with van der Waals surface area (Å²) in [4.78, 5) is 6.36. The number of fused-ring (bicyclic) bond motifs is 4. The zero-order valence-electron chi connectivity index (χ0n) is 15.3. The molecule has 0 amide bonds. The zero-order valence-corrected chi connectivity index (χ0v) is 16.1. The molecule has 0 spiro atoms. The maximum absolute atomic E-state index is 7.86. The lowest BCUT2D eigenvalue weighted by molar-refractivity contribution is 0.689. The molecule has 1 aliphatic heterocycles. The van der Waals surface area contributed by atoms with Crippen LogP contribution < -0.4 is 11.1 Å². The van der Waals surface area contributed by atoms with Crippen LogP contribution in [0.1, 0.15) is 36.5 Å². The lowest BCUT2D eigenvalue weighted by Gasteiger charge is -2.23. The fourth-order valence-corrected chi connectivity index (χ4v) is 5.40. The van der Waals surface area contributed by atoms with Crippen LogP contribution in [0.5, 0.6) is 0 Å². The minimum Gasteiger partial charge on any atom is -0.398 e. The van der Waals surface area contributed by atoms with Crippen LogP contribution in [0.3, 0.4) is 0 Å². The first-order valence-electron chi connectivity index (χ1n) is 9.47. The minimum atomic E-state index is 0.409. The molecule has 4 nitrogen and oxygen atoms in total. The Labute approximate surface area is 163 Å². The number of nitrogens with two attached hydrogens (primary N) is 1. The summed E-state index contributed by atoms with van der Waals surface area (Å²) in [7, 11) is 0. The lowest BCUT2D eigenvalue weighted by atomic mass is 9.85. The molecule has 0 saturated carbocycles. The highest BCUT2D eigenvalue weighted by Crippen LogP contribution is 2.42. The molecule has 2 aromatic carbocycles. The molecule has 5 heteroatoms. The van der Waals surface area contributed by atoms with Crippen molar-refractivity contribution in [2.24, 2.45) is 0 Å². The summed E-state index contributed by atoms with van der Waals surface area (Å²) < 4.78 is 0. The van der Waals surface area contributed by atoms with Crippen molar-refractivity contribution in [3.05, 3.63) is 47.0 Å². The van der Waals surface area contributed by atoms with Gasteiger partial charge in [0, 0.05) is 39.0 Å². The first-order chi connectivity index (χ1) is 13.2. The Morgan fingerprint density at radius 3 is 2.81 bits per heavy atom. The summed E-state index contributed by atoms with van der Waals surface area (Å²) in [5.41, 5.74) is 14.8. The Kier molecular flexibility index (Phi) is 3.86. The zero-order chi connectivity index (χ0) is 18.5. The molecule has 1 unspecified atom stereocenters. The lowest BCUT2D eigenvalue weighted by Crippen LogP contribution is -2.09. The van der Waals surface area contributed by atoms with Gasteiger partial charge in [-0.2, -0.15) is 0 Å². The van der Waals surface area contributed by atoms with Crippen LogP contribution in [0.15, 0.2) is 35.2 Å². The van der Waals surface area contributed by atoms with Crippen molar-refractivity contribution in [2.75, 3.05) is 11.1 Å². The monoisotopic (exact) mass is 374 g/mol. The van der Waals surface area contributed by atoms with Gasteiger partial charge in [0.05, 0.1) is 16.6 Å². The van der Waals surface area contributed by atoms with Crippen LogP contribution in [0.25, 0.3) is 22.2 Å². The first-order valence-corrected chi connectivity index (χ1v) is 10.4. The smallest absolute Gasteiger partial charge is 0.0744 e. The number of thioether (sulfide) groups is 1. The van der Waals surface area contributed by atoms with Gasteiger partial charge in [-0.05, 0) is 68.0 Å². The molecule has 1 aliphatic carbocycles. The number of nitrogens with one attached hydrogen (secondary N) is 2. The summed E-state index contributed by atoms with van der Waals surface area (Å²) >= 11 is 1.86. The topological polar surface area (TPSA) is 74.8 Å². The van der Waals surface area contributed by atoms with E-state index in [-0.39, 0.29) is 0 Å². The molecule has 0 fully saturated rings. The Morgan fingerprint density at radius 2 is 2.00 bits per heavy atom. The molecule has 27 heavy (non-hydrogen) atoms. The standard InChI is InChI=1S/C22H22N4S/c1-12-25-18-8-6-13(10-20(18)27-12)22-15-5-3-2-4-14(15)21-16(11-23)17(24)7-9-19(21)26-22/h6-12,23,25H,2-5,24H2,1H3. The van der Waals surface area contributed by atoms with Gasteiger partial charge >= 0.3 is 0 Å². The van der Waals surface area contributed by atoms with E-state index in [1.165, 1.54) is 46.3 Å². The van der Waals surface area contributed by atoms with Crippen molar-refractivity contribution in [1.29, 1.82) is 5.41 Å². The molecule has 2 aliphatic rings. The SMILES string of the molecule is CC1Nc2ccc(-c3nc4ccc(N)c(C=N)c4c4c3CCCC4)cc2S1. The third kappa shape index (κ3) is 2.60. The second-order valence-electron chi connectivity index (χ2n) is 7.35. The van der Waals surface area contributed by atoms with Crippen molar-refractivity contribution < 1.29 is 0 Å². The van der Waals surface area contributed by atoms with Crippen molar-refractivity contribution in [1.82, 2.24) is 4.98 Å². The highest BCUT2D eigenvalue weighted by molar-refractivity contribution is 8.00. The molecule has 1 atom stereocenters. The van der Waals surface area contributed by atoms with Gasteiger partial charge in [0.25, 0.3) is 0 Å². The predicted octanol–water partition coefficient (Wildman–Crippen LogP) is 5.22. The van der Waals surface area contributed by atoms with E-state index >= 15 is 0 Å². The van der Waals surface area contributed by atoms with Gasteiger partial charge < -0.3 is 16.5 Å². The third-order valence-electron chi connectivity index (χ3n) is 5.61. The van der Waals surface area contributed by atoms with E-state index in [0.29, 0.717) is 11.1 Å². The van der Waals surface area contributed by atoms with E-state index in [4.69, 9.17) is 16.1 Å². The third-order valence-corrected chi connectivity index (χ3v) is 6.67. The number of hydrogen-bond donors (Lipinski definition) is 3. The number of pyridine rings is 1. The number of nitrogens with zero attached hydrogens (tertiary/aromatic N) is 1. The highest BCUT2D eigenvalue weighted by atomic mass is 32.2. The van der Waals surface area contributed by atoms with Crippen molar-refractivity contribution in [3.8, 4) is 11.3 Å². The average Bonchev–Trinajstić information content (AvgIpc) is 3.06. The van der Waals surface area contributed by atoms with Crippen molar-refractivity contribution in [2.45, 2.75) is 42.9 Å². The average molecular weight is 375 g/mol. The van der Waals surface area contributed by atoms with Crippen LogP contribution in [0.4, 0.5) is 11.4 Å². The Balaban J connectivity index is 1.78. The first kappa shape index (κ1) is 16.6. The van der Waals surface area contributed by atoms with Gasteiger partial charge in [0.1, 0.15) is 0 Å². The molecule has 0 radical (unpaired) electrons. The summed E-state index contributed by atoms with van der Waals surface area (Å²) in [6, 6.07) is 10.5. The van der Waals surface area contributed by atoms with Gasteiger partial charge in [-0.3, -0.25) is 0 Å². The molecule has 136 valence electrons. The molecule has 1 aromatic heterocycles. The molecule has 5 rings (SSSR count). The Morgan fingerprint density at radius 1 is 1.19 bits per heavy atom. The largest absolute Gasteiger partial charge is 0.398 e. The number of anilines is 2. The number of nitrogen functional groups attached to an aromatic ring is 1. The molecular weight excluding hydrogens is 352 g/mol. The second kappa shape index (κ2) is 6.27. The summed E-state index contributed by atoms with van der Waals surface area (Å²) in [6.07, 6.45) is 5.82. The maximum atomic E-state index is 7.86. The Hall–Kier alpha value is -2.53. The number of benzene rings is 2. The minimum absolute atomic E-state index is 0.409. The van der Waals surface area contributed by atoms with Gasteiger partial charge in [-0.1, -0.05) is 17.8 Å². The van der Waals surface area contributed by atoms with E-state index in [0.717, 1.165) is 35.0 Å². The number of aryl methyl sites for hydroxylation is 1. The number of rotatable bonds is 2. The summed E-state index contributed by atoms with van der Waals surface area (Å²) in [5, 5.41) is 12.8. The van der Waals surface area contributed by atoms with E-state index in [1.807, 2.05) is 23.9 Å². The van der Waals surface area contributed by atoms with E-state index in [2.05, 4.69) is 30.4 Å². The van der Waals surface area contributed by atoms with Crippen LogP contribution in [0, 0.1) is 5.41 Å². The van der Waals surface area contributed by atoms with Crippen LogP contribution in [-0.2, 0) is 12.8 Å². The fraction of sp³-hybridized carbons (Fsp3) is 0.273. The molecule has 0 bridgehead atoms. The van der Waals surface area contributed by atoms with Crippen molar-refractivity contribution in [3.63, 3.8) is 0 Å². The molecule has 2 heterocycles. The van der Waals surface area contributed by atoms with Crippen LogP contribution in [0.2, 0.25) is 0 Å². The van der Waals surface area contributed by atoms with Crippen LogP contribution >= 0.6 is 11.8 Å². The molecule has 3 aromatic rings. The van der Waals surface area contributed by atoms with E-state index in [9.17, 15) is 0 Å². The molecule has 0 saturated heterocycles. The quantitative estimate of drug-likeness (QED) is 0.424.